The van der Waals surface area contributed by atoms with Crippen molar-refractivity contribution in [3.05, 3.63) is 4.77 Å². The highest BCUT2D eigenvalue weighted by Gasteiger charge is 2.27. The van der Waals surface area contributed by atoms with Gasteiger partial charge in [-0.15, -0.1) is 5.10 Å². The molecule has 1 aromatic heterocycles. The maximum absolute atomic E-state index is 5.52. The first kappa shape index (κ1) is 15.1. The minimum atomic E-state index is 0.456. The van der Waals surface area contributed by atoms with Crippen LogP contribution in [0.4, 0.5) is 5.95 Å². The molecule has 1 saturated heterocycles. The molecular formula is C16H28N4S. The van der Waals surface area contributed by atoms with Gasteiger partial charge in [0.2, 0.25) is 5.95 Å². The number of aromatic nitrogens is 3. The molecule has 1 aromatic rings. The van der Waals surface area contributed by atoms with Crippen molar-refractivity contribution in [2.24, 2.45) is 5.41 Å². The maximum Gasteiger partial charge on any atom is 0.225 e. The second-order valence-corrected chi connectivity index (χ2v) is 7.88. The molecule has 5 heteroatoms. The number of aromatic amines is 1. The molecule has 0 atom stereocenters. The first-order valence-corrected chi connectivity index (χ1v) is 8.89. The van der Waals surface area contributed by atoms with Crippen molar-refractivity contribution in [1.29, 1.82) is 0 Å². The minimum Gasteiger partial charge on any atom is -0.341 e. The number of anilines is 1. The Hall–Kier alpha value is -0.840. The molecule has 1 saturated carbocycles. The molecule has 1 aliphatic heterocycles. The number of nitrogens with zero attached hydrogens (tertiary/aromatic N) is 3. The third-order valence-electron chi connectivity index (χ3n) is 5.25. The van der Waals surface area contributed by atoms with Crippen LogP contribution in [0.3, 0.4) is 0 Å². The van der Waals surface area contributed by atoms with Crippen LogP contribution in [0.15, 0.2) is 0 Å². The van der Waals surface area contributed by atoms with Crippen LogP contribution in [-0.2, 0) is 0 Å². The lowest BCUT2D eigenvalue weighted by Crippen LogP contribution is -2.29. The van der Waals surface area contributed by atoms with E-state index < -0.39 is 0 Å². The largest absolute Gasteiger partial charge is 0.341 e. The number of hydrogen-bond donors (Lipinski definition) is 1. The fraction of sp³-hybridized carbons (Fsp3) is 0.875. The molecule has 1 N–H and O–H groups in total. The van der Waals surface area contributed by atoms with Crippen LogP contribution >= 0.6 is 12.2 Å². The lowest BCUT2D eigenvalue weighted by Gasteiger charge is -2.28. The fourth-order valence-electron chi connectivity index (χ4n) is 3.81. The predicted molar refractivity (Wildman–Crippen MR) is 89.4 cm³/mol. The van der Waals surface area contributed by atoms with Crippen molar-refractivity contribution in [2.45, 2.75) is 71.3 Å². The zero-order valence-electron chi connectivity index (χ0n) is 13.4. The molecule has 0 unspecified atom stereocenters. The van der Waals surface area contributed by atoms with Gasteiger partial charge in [0.1, 0.15) is 0 Å². The number of hydrogen-bond acceptors (Lipinski definition) is 3. The van der Waals surface area contributed by atoms with Gasteiger partial charge in [0.15, 0.2) is 4.77 Å². The van der Waals surface area contributed by atoms with Crippen molar-refractivity contribution in [2.75, 3.05) is 18.0 Å². The lowest BCUT2D eigenvalue weighted by atomic mass is 9.85. The zero-order chi connectivity index (χ0) is 14.9. The van der Waals surface area contributed by atoms with Gasteiger partial charge in [0, 0.05) is 19.1 Å². The van der Waals surface area contributed by atoms with Gasteiger partial charge in [-0.3, -0.25) is 4.57 Å². The third-order valence-corrected chi connectivity index (χ3v) is 5.54. The van der Waals surface area contributed by atoms with E-state index in [0.29, 0.717) is 11.5 Å². The summed E-state index contributed by atoms with van der Waals surface area (Å²) >= 11 is 5.52. The smallest absolute Gasteiger partial charge is 0.225 e. The van der Waals surface area contributed by atoms with Gasteiger partial charge in [-0.1, -0.05) is 33.1 Å². The zero-order valence-corrected chi connectivity index (χ0v) is 14.2. The van der Waals surface area contributed by atoms with Crippen LogP contribution in [0, 0.1) is 10.2 Å². The van der Waals surface area contributed by atoms with Gasteiger partial charge in [0.25, 0.3) is 0 Å². The first-order chi connectivity index (χ1) is 10.1. The molecule has 2 fully saturated rings. The highest BCUT2D eigenvalue weighted by molar-refractivity contribution is 7.71. The average Bonchev–Trinajstić information content (AvgIpc) is 2.75. The van der Waals surface area contributed by atoms with Crippen LogP contribution in [0.1, 0.15) is 71.3 Å². The first-order valence-electron chi connectivity index (χ1n) is 8.49. The Morgan fingerprint density at radius 2 is 1.86 bits per heavy atom. The van der Waals surface area contributed by atoms with Crippen LogP contribution < -0.4 is 4.90 Å². The van der Waals surface area contributed by atoms with Crippen LogP contribution in [0.25, 0.3) is 0 Å². The summed E-state index contributed by atoms with van der Waals surface area (Å²) in [6.07, 6.45) is 10.3. The molecule has 118 valence electrons. The summed E-state index contributed by atoms with van der Waals surface area (Å²) in [5.41, 5.74) is 0.456. The molecule has 4 nitrogen and oxygen atoms in total. The molecule has 2 aliphatic rings. The summed E-state index contributed by atoms with van der Waals surface area (Å²) in [4.78, 5) is 2.45. The van der Waals surface area contributed by atoms with Crippen molar-refractivity contribution in [1.82, 2.24) is 14.8 Å². The lowest BCUT2D eigenvalue weighted by molar-refractivity contribution is 0.324. The van der Waals surface area contributed by atoms with Gasteiger partial charge in [-0.05, 0) is 49.7 Å². The topological polar surface area (TPSA) is 36.9 Å². The summed E-state index contributed by atoms with van der Waals surface area (Å²) in [5.74, 6) is 1.09. The normalized spacial score (nSPS) is 24.0. The quantitative estimate of drug-likeness (QED) is 0.819. The van der Waals surface area contributed by atoms with E-state index in [2.05, 4.69) is 33.5 Å². The summed E-state index contributed by atoms with van der Waals surface area (Å²) < 4.78 is 3.12. The number of nitrogens with one attached hydrogen (secondary N) is 1. The monoisotopic (exact) mass is 308 g/mol. The Kier molecular flexibility index (Phi) is 4.38. The second-order valence-electron chi connectivity index (χ2n) is 7.50. The molecule has 0 radical (unpaired) electrons. The van der Waals surface area contributed by atoms with E-state index in [-0.39, 0.29) is 0 Å². The number of rotatable bonds is 2. The fourth-order valence-corrected chi connectivity index (χ4v) is 4.09. The van der Waals surface area contributed by atoms with Crippen molar-refractivity contribution < 1.29 is 0 Å². The average molecular weight is 308 g/mol. The van der Waals surface area contributed by atoms with E-state index in [1.165, 1.54) is 51.4 Å². The highest BCUT2D eigenvalue weighted by Crippen LogP contribution is 2.34. The summed E-state index contributed by atoms with van der Waals surface area (Å²) in [6.45, 7) is 6.97. The molecule has 2 heterocycles. The molecule has 21 heavy (non-hydrogen) atoms. The molecule has 0 bridgehead atoms. The Morgan fingerprint density at radius 1 is 1.10 bits per heavy atom. The Labute approximate surface area is 132 Å². The van der Waals surface area contributed by atoms with E-state index in [1.54, 1.807) is 0 Å². The minimum absolute atomic E-state index is 0.456. The predicted octanol–water partition coefficient (Wildman–Crippen LogP) is 4.46. The molecule has 0 amide bonds. The van der Waals surface area contributed by atoms with Gasteiger partial charge < -0.3 is 4.90 Å². The highest BCUT2D eigenvalue weighted by atomic mass is 32.1. The van der Waals surface area contributed by atoms with Crippen LogP contribution in [0.5, 0.6) is 0 Å². The molecule has 0 aromatic carbocycles. The van der Waals surface area contributed by atoms with Crippen LogP contribution in [-0.4, -0.2) is 27.9 Å². The molecular weight excluding hydrogens is 280 g/mol. The Morgan fingerprint density at radius 3 is 2.62 bits per heavy atom. The summed E-state index contributed by atoms with van der Waals surface area (Å²) in [6, 6.07) is 0.552. The second kappa shape index (κ2) is 6.11. The van der Waals surface area contributed by atoms with Gasteiger partial charge in [-0.25, -0.2) is 5.10 Å². The van der Waals surface area contributed by atoms with Crippen molar-refractivity contribution >= 4 is 18.2 Å². The third kappa shape index (κ3) is 3.33. The van der Waals surface area contributed by atoms with E-state index in [0.717, 1.165) is 23.8 Å². The Bertz CT molecular complexity index is 525. The van der Waals surface area contributed by atoms with E-state index in [1.807, 2.05) is 0 Å². The Balaban J connectivity index is 1.83. The van der Waals surface area contributed by atoms with Gasteiger partial charge >= 0.3 is 0 Å². The summed E-state index contributed by atoms with van der Waals surface area (Å²) in [5, 5.41) is 7.62. The maximum atomic E-state index is 5.52. The SMILES string of the molecule is CC1(C)CCCN(c2n[nH]c(=S)n2C2CCCCC2)CC1. The number of H-pyrrole nitrogens is 1. The molecule has 3 rings (SSSR count). The van der Waals surface area contributed by atoms with Crippen LogP contribution in [0.2, 0.25) is 0 Å². The van der Waals surface area contributed by atoms with Crippen molar-refractivity contribution in [3.63, 3.8) is 0 Å². The molecule has 0 spiro atoms. The van der Waals surface area contributed by atoms with Gasteiger partial charge in [0.05, 0.1) is 0 Å². The standard InChI is InChI=1S/C16H28N4S/c1-16(2)9-6-11-19(12-10-16)14-17-18-15(21)20(14)13-7-4-3-5-8-13/h13H,3-12H2,1-2H3,(H,18,21). The van der Waals surface area contributed by atoms with Gasteiger partial charge in [-0.2, -0.15) is 0 Å². The molecule has 1 aliphatic carbocycles. The van der Waals surface area contributed by atoms with E-state index in [4.69, 9.17) is 12.2 Å². The van der Waals surface area contributed by atoms with E-state index >= 15 is 0 Å². The summed E-state index contributed by atoms with van der Waals surface area (Å²) in [7, 11) is 0. The van der Waals surface area contributed by atoms with Crippen molar-refractivity contribution in [3.8, 4) is 0 Å². The van der Waals surface area contributed by atoms with E-state index in [9.17, 15) is 0 Å².